The number of hydrogen-bond acceptors (Lipinski definition) is 2. The Bertz CT molecular complexity index is 1010. The van der Waals surface area contributed by atoms with Gasteiger partial charge in [0.1, 0.15) is 5.82 Å². The van der Waals surface area contributed by atoms with Gasteiger partial charge < -0.3 is 15.2 Å². The third-order valence-electron chi connectivity index (χ3n) is 4.20. The molecule has 138 valence electrons. The highest BCUT2D eigenvalue weighted by molar-refractivity contribution is 6.05. The lowest BCUT2D eigenvalue weighted by Crippen LogP contribution is -2.13. The molecular formula is C21H20FN3O2. The summed E-state index contributed by atoms with van der Waals surface area (Å²) in [4.78, 5) is 23.9. The summed E-state index contributed by atoms with van der Waals surface area (Å²) in [6, 6.07) is 14.9. The number of aryl methyl sites for hydroxylation is 1. The van der Waals surface area contributed by atoms with Crippen molar-refractivity contribution in [1.29, 1.82) is 0 Å². The molecule has 0 unspecified atom stereocenters. The Kier molecular flexibility index (Phi) is 5.07. The van der Waals surface area contributed by atoms with Crippen molar-refractivity contribution in [2.45, 2.75) is 20.8 Å². The number of benzene rings is 2. The molecule has 5 nitrogen and oxygen atoms in total. The van der Waals surface area contributed by atoms with Crippen molar-refractivity contribution in [2.75, 3.05) is 10.6 Å². The summed E-state index contributed by atoms with van der Waals surface area (Å²) in [5.74, 6) is -0.740. The monoisotopic (exact) mass is 365 g/mol. The van der Waals surface area contributed by atoms with E-state index in [1.807, 2.05) is 18.4 Å². The summed E-state index contributed by atoms with van der Waals surface area (Å²) in [5, 5.41) is 5.53. The normalized spacial score (nSPS) is 10.5. The Balaban J connectivity index is 1.87. The van der Waals surface area contributed by atoms with Crippen LogP contribution in [0.1, 0.15) is 28.7 Å². The lowest BCUT2D eigenvalue weighted by molar-refractivity contribution is -0.114. The molecule has 2 amide bonds. The highest BCUT2D eigenvalue weighted by Gasteiger charge is 2.17. The van der Waals surface area contributed by atoms with Crippen molar-refractivity contribution in [3.05, 3.63) is 77.4 Å². The first-order valence-corrected chi connectivity index (χ1v) is 8.49. The molecule has 2 N–H and O–H groups in total. The van der Waals surface area contributed by atoms with E-state index in [2.05, 4.69) is 10.6 Å². The highest BCUT2D eigenvalue weighted by atomic mass is 19.1. The fraction of sp³-hybridized carbons (Fsp3) is 0.143. The fourth-order valence-corrected chi connectivity index (χ4v) is 3.06. The Morgan fingerprint density at radius 1 is 0.926 bits per heavy atom. The van der Waals surface area contributed by atoms with E-state index in [0.29, 0.717) is 16.9 Å². The van der Waals surface area contributed by atoms with Crippen LogP contribution < -0.4 is 10.6 Å². The number of amides is 2. The summed E-state index contributed by atoms with van der Waals surface area (Å²) >= 11 is 0. The predicted octanol–water partition coefficient (Wildman–Crippen LogP) is 4.44. The van der Waals surface area contributed by atoms with E-state index in [1.54, 1.807) is 42.5 Å². The number of carbonyl (C=O) groups excluding carboxylic acids is 2. The first-order chi connectivity index (χ1) is 12.8. The summed E-state index contributed by atoms with van der Waals surface area (Å²) < 4.78 is 15.1. The van der Waals surface area contributed by atoms with Crippen LogP contribution in [0.2, 0.25) is 0 Å². The molecule has 2 aromatic carbocycles. The highest BCUT2D eigenvalue weighted by Crippen LogP contribution is 2.23. The maximum atomic E-state index is 13.2. The van der Waals surface area contributed by atoms with Crippen LogP contribution in [0.3, 0.4) is 0 Å². The Hall–Kier alpha value is -3.41. The molecule has 0 radical (unpaired) electrons. The molecule has 0 bridgehead atoms. The minimum absolute atomic E-state index is 0.179. The zero-order valence-corrected chi connectivity index (χ0v) is 15.3. The van der Waals surface area contributed by atoms with Crippen LogP contribution in [0.4, 0.5) is 15.8 Å². The van der Waals surface area contributed by atoms with E-state index < -0.39 is 0 Å². The maximum absolute atomic E-state index is 13.2. The number of anilines is 2. The van der Waals surface area contributed by atoms with Crippen molar-refractivity contribution in [1.82, 2.24) is 4.57 Å². The van der Waals surface area contributed by atoms with Gasteiger partial charge in [0, 0.05) is 35.4 Å². The quantitative estimate of drug-likeness (QED) is 0.718. The van der Waals surface area contributed by atoms with Crippen molar-refractivity contribution >= 4 is 23.2 Å². The van der Waals surface area contributed by atoms with Gasteiger partial charge in [-0.15, -0.1) is 0 Å². The van der Waals surface area contributed by atoms with E-state index >= 15 is 0 Å². The molecule has 3 rings (SSSR count). The van der Waals surface area contributed by atoms with Gasteiger partial charge >= 0.3 is 0 Å². The van der Waals surface area contributed by atoms with Gasteiger partial charge in [-0.05, 0) is 62.4 Å². The molecule has 27 heavy (non-hydrogen) atoms. The van der Waals surface area contributed by atoms with Crippen LogP contribution >= 0.6 is 0 Å². The van der Waals surface area contributed by atoms with Crippen LogP contribution in [0.15, 0.2) is 54.6 Å². The third-order valence-corrected chi connectivity index (χ3v) is 4.20. The lowest BCUT2D eigenvalue weighted by atomic mass is 10.2. The van der Waals surface area contributed by atoms with Gasteiger partial charge in [-0.2, -0.15) is 0 Å². The second-order valence-electron chi connectivity index (χ2n) is 6.31. The second-order valence-corrected chi connectivity index (χ2v) is 6.31. The molecule has 6 heteroatoms. The zero-order valence-electron chi connectivity index (χ0n) is 15.3. The standard InChI is InChI=1S/C21H20FN3O2/c1-13-11-20(14(2)25(13)19-9-7-16(22)8-10-19)21(27)24-18-6-4-5-17(12-18)23-15(3)26/h4-12H,1-3H3,(H,23,26)(H,24,27). The number of nitrogens with one attached hydrogen (secondary N) is 2. The van der Waals surface area contributed by atoms with Crippen molar-refractivity contribution in [2.24, 2.45) is 0 Å². The molecule has 0 aliphatic rings. The average Bonchev–Trinajstić information content (AvgIpc) is 2.90. The third kappa shape index (κ3) is 4.06. The molecule has 0 aliphatic heterocycles. The van der Waals surface area contributed by atoms with Crippen molar-refractivity contribution in [3.8, 4) is 5.69 Å². The zero-order chi connectivity index (χ0) is 19.6. The molecule has 0 saturated carbocycles. The Morgan fingerprint density at radius 2 is 1.56 bits per heavy atom. The van der Waals surface area contributed by atoms with E-state index in [4.69, 9.17) is 0 Å². The number of nitrogens with zero attached hydrogens (tertiary/aromatic N) is 1. The van der Waals surface area contributed by atoms with Gasteiger partial charge in [0.15, 0.2) is 0 Å². The van der Waals surface area contributed by atoms with E-state index in [-0.39, 0.29) is 17.6 Å². The number of rotatable bonds is 4. The number of halogens is 1. The van der Waals surface area contributed by atoms with Crippen LogP contribution in [-0.4, -0.2) is 16.4 Å². The van der Waals surface area contributed by atoms with Crippen LogP contribution in [0.25, 0.3) is 5.69 Å². The minimum atomic E-state index is -0.307. The predicted molar refractivity (Wildman–Crippen MR) is 104 cm³/mol. The number of aromatic nitrogens is 1. The Morgan fingerprint density at radius 3 is 2.19 bits per heavy atom. The summed E-state index contributed by atoms with van der Waals surface area (Å²) in [7, 11) is 0. The molecule has 0 saturated heterocycles. The van der Waals surface area contributed by atoms with Gasteiger partial charge in [0.25, 0.3) is 5.91 Å². The molecule has 0 spiro atoms. The van der Waals surface area contributed by atoms with E-state index in [9.17, 15) is 14.0 Å². The molecule has 1 aromatic heterocycles. The minimum Gasteiger partial charge on any atom is -0.326 e. The summed E-state index contributed by atoms with van der Waals surface area (Å²) in [6.07, 6.45) is 0. The Labute approximate surface area is 156 Å². The second kappa shape index (κ2) is 7.45. The molecule has 0 aliphatic carbocycles. The van der Waals surface area contributed by atoms with Gasteiger partial charge in [0.2, 0.25) is 5.91 Å². The van der Waals surface area contributed by atoms with Gasteiger partial charge in [-0.1, -0.05) is 6.07 Å². The van der Waals surface area contributed by atoms with Crippen LogP contribution in [-0.2, 0) is 4.79 Å². The first-order valence-electron chi connectivity index (χ1n) is 8.49. The largest absolute Gasteiger partial charge is 0.326 e. The molecule has 0 atom stereocenters. The average molecular weight is 365 g/mol. The van der Waals surface area contributed by atoms with Crippen LogP contribution in [0, 0.1) is 19.7 Å². The van der Waals surface area contributed by atoms with E-state index in [0.717, 1.165) is 17.1 Å². The van der Waals surface area contributed by atoms with Gasteiger partial charge in [-0.3, -0.25) is 9.59 Å². The van der Waals surface area contributed by atoms with Gasteiger partial charge in [-0.25, -0.2) is 4.39 Å². The van der Waals surface area contributed by atoms with Crippen molar-refractivity contribution in [3.63, 3.8) is 0 Å². The topological polar surface area (TPSA) is 63.1 Å². The summed E-state index contributed by atoms with van der Waals surface area (Å²) in [6.45, 7) is 5.17. The summed E-state index contributed by atoms with van der Waals surface area (Å²) in [5.41, 5.74) is 4.14. The maximum Gasteiger partial charge on any atom is 0.257 e. The molecular weight excluding hydrogens is 345 g/mol. The lowest BCUT2D eigenvalue weighted by Gasteiger charge is -2.10. The van der Waals surface area contributed by atoms with Gasteiger partial charge in [0.05, 0.1) is 5.56 Å². The molecule has 1 heterocycles. The first kappa shape index (κ1) is 18.4. The van der Waals surface area contributed by atoms with Crippen molar-refractivity contribution < 1.29 is 14.0 Å². The smallest absolute Gasteiger partial charge is 0.257 e. The van der Waals surface area contributed by atoms with Crippen LogP contribution in [0.5, 0.6) is 0 Å². The fourth-order valence-electron chi connectivity index (χ4n) is 3.06. The molecule has 3 aromatic rings. The molecule has 0 fully saturated rings. The number of carbonyl (C=O) groups is 2. The van der Waals surface area contributed by atoms with E-state index in [1.165, 1.54) is 19.1 Å². The SMILES string of the molecule is CC(=O)Nc1cccc(NC(=O)c2cc(C)n(-c3ccc(F)cc3)c2C)c1. The number of hydrogen-bond donors (Lipinski definition) is 2.